The Bertz CT molecular complexity index is 572. The number of hydrogen-bond donors (Lipinski definition) is 1. The Balaban J connectivity index is 1.99. The molecule has 4 nitrogen and oxygen atoms in total. The van der Waals surface area contributed by atoms with E-state index in [0.29, 0.717) is 12.3 Å². The van der Waals surface area contributed by atoms with Gasteiger partial charge in [-0.3, -0.25) is 0 Å². The van der Waals surface area contributed by atoms with E-state index >= 15 is 0 Å². The first-order valence-electron chi connectivity index (χ1n) is 6.05. The molecule has 1 aromatic heterocycles. The molecule has 5 heteroatoms. The maximum Gasteiger partial charge on any atom is 0.209 e. The normalized spacial score (nSPS) is 19.9. The van der Waals surface area contributed by atoms with E-state index in [1.54, 1.807) is 16.3 Å². The van der Waals surface area contributed by atoms with Crippen molar-refractivity contribution in [2.75, 3.05) is 5.01 Å². The van der Waals surface area contributed by atoms with Gasteiger partial charge in [0.2, 0.25) is 5.13 Å². The maximum absolute atomic E-state index is 10.1. The second kappa shape index (κ2) is 4.33. The topological polar surface area (TPSA) is 48.7 Å². The summed E-state index contributed by atoms with van der Waals surface area (Å²) in [6, 6.07) is 7.97. The number of hydrogen-bond acceptors (Lipinski definition) is 5. The van der Waals surface area contributed by atoms with Crippen LogP contribution >= 0.6 is 11.3 Å². The molecule has 1 unspecified atom stereocenters. The number of anilines is 1. The van der Waals surface area contributed by atoms with Crippen molar-refractivity contribution in [3.8, 4) is 0 Å². The molecular formula is C13H15N3OS. The number of aliphatic hydroxyl groups excluding tert-OH is 1. The molecule has 0 saturated heterocycles. The number of hydrazone groups is 1. The minimum absolute atomic E-state index is 0.360. The van der Waals surface area contributed by atoms with Crippen LogP contribution in [0.1, 0.15) is 20.3 Å². The zero-order valence-electron chi connectivity index (χ0n) is 10.4. The average molecular weight is 261 g/mol. The predicted molar refractivity (Wildman–Crippen MR) is 75.0 cm³/mol. The van der Waals surface area contributed by atoms with Crippen molar-refractivity contribution in [2.45, 2.75) is 26.5 Å². The van der Waals surface area contributed by atoms with Gasteiger partial charge in [-0.2, -0.15) is 5.10 Å². The Labute approximate surface area is 110 Å². The standard InChI is InChI=1S/C13H15N3OS/c1-8(2)10-7-12(17)16(15-10)13-14-9-5-3-4-6-11(9)18-13/h3-6,8,12,17H,7H2,1-2H3. The highest BCUT2D eigenvalue weighted by Crippen LogP contribution is 2.32. The minimum atomic E-state index is -0.581. The van der Waals surface area contributed by atoms with Gasteiger partial charge in [0.1, 0.15) is 0 Å². The number of nitrogens with zero attached hydrogens (tertiary/aromatic N) is 3. The van der Waals surface area contributed by atoms with Gasteiger partial charge >= 0.3 is 0 Å². The molecule has 1 atom stereocenters. The Morgan fingerprint density at radius 1 is 1.39 bits per heavy atom. The molecular weight excluding hydrogens is 246 g/mol. The lowest BCUT2D eigenvalue weighted by molar-refractivity contribution is 0.186. The number of thiazole rings is 1. The summed E-state index contributed by atoms with van der Waals surface area (Å²) in [6.07, 6.45) is 0.0242. The molecule has 1 aromatic carbocycles. The van der Waals surface area contributed by atoms with Gasteiger partial charge in [0.05, 0.1) is 10.2 Å². The van der Waals surface area contributed by atoms with Gasteiger partial charge in [-0.15, -0.1) is 0 Å². The third-order valence-corrected chi connectivity index (χ3v) is 4.08. The van der Waals surface area contributed by atoms with E-state index in [1.165, 1.54) is 0 Å². The van der Waals surface area contributed by atoms with Gasteiger partial charge in [0.15, 0.2) is 6.23 Å². The smallest absolute Gasteiger partial charge is 0.209 e. The average Bonchev–Trinajstić information content (AvgIpc) is 2.91. The summed E-state index contributed by atoms with van der Waals surface area (Å²) in [4.78, 5) is 4.52. The van der Waals surface area contributed by atoms with E-state index in [1.807, 2.05) is 24.3 Å². The Morgan fingerprint density at radius 3 is 2.83 bits per heavy atom. The molecule has 0 bridgehead atoms. The van der Waals surface area contributed by atoms with Crippen molar-refractivity contribution in [3.63, 3.8) is 0 Å². The number of rotatable bonds is 2. The highest BCUT2D eigenvalue weighted by Gasteiger charge is 2.29. The zero-order valence-corrected chi connectivity index (χ0v) is 11.2. The van der Waals surface area contributed by atoms with Crippen molar-refractivity contribution in [3.05, 3.63) is 24.3 Å². The molecule has 1 aliphatic heterocycles. The van der Waals surface area contributed by atoms with Crippen LogP contribution < -0.4 is 5.01 Å². The third kappa shape index (κ3) is 1.89. The van der Waals surface area contributed by atoms with Gasteiger partial charge in [-0.1, -0.05) is 37.3 Å². The van der Waals surface area contributed by atoms with E-state index in [2.05, 4.69) is 23.9 Å². The summed E-state index contributed by atoms with van der Waals surface area (Å²) >= 11 is 1.56. The molecule has 0 amide bonds. The van der Waals surface area contributed by atoms with E-state index in [0.717, 1.165) is 21.1 Å². The van der Waals surface area contributed by atoms with Crippen LogP contribution in [0, 0.1) is 5.92 Å². The summed E-state index contributed by atoms with van der Waals surface area (Å²) in [6.45, 7) is 4.18. The van der Waals surface area contributed by atoms with Crippen LogP contribution in [0.2, 0.25) is 0 Å². The lowest BCUT2D eigenvalue weighted by atomic mass is 10.1. The van der Waals surface area contributed by atoms with Crippen molar-refractivity contribution in [1.82, 2.24) is 4.98 Å². The predicted octanol–water partition coefficient (Wildman–Crippen LogP) is 2.84. The van der Waals surface area contributed by atoms with E-state index in [4.69, 9.17) is 0 Å². The second-order valence-corrected chi connectivity index (χ2v) is 5.75. The molecule has 1 N–H and O–H groups in total. The van der Waals surface area contributed by atoms with E-state index in [-0.39, 0.29) is 0 Å². The SMILES string of the molecule is CC(C)C1=NN(c2nc3ccccc3s2)C(O)C1. The molecule has 2 heterocycles. The highest BCUT2D eigenvalue weighted by atomic mass is 32.1. The molecule has 0 radical (unpaired) electrons. The van der Waals surface area contributed by atoms with Crippen molar-refractivity contribution >= 4 is 32.4 Å². The van der Waals surface area contributed by atoms with Crippen LogP contribution in [0.25, 0.3) is 10.2 Å². The van der Waals surface area contributed by atoms with Crippen molar-refractivity contribution in [1.29, 1.82) is 0 Å². The zero-order chi connectivity index (χ0) is 12.7. The first-order valence-corrected chi connectivity index (χ1v) is 6.87. The summed E-state index contributed by atoms with van der Waals surface area (Å²) in [7, 11) is 0. The molecule has 2 aromatic rings. The minimum Gasteiger partial charge on any atom is -0.371 e. The summed E-state index contributed by atoms with van der Waals surface area (Å²) < 4.78 is 1.12. The fraction of sp³-hybridized carbons (Fsp3) is 0.385. The van der Waals surface area contributed by atoms with Gasteiger partial charge in [-0.25, -0.2) is 9.99 Å². The number of para-hydroxylation sites is 1. The fourth-order valence-electron chi connectivity index (χ4n) is 2.00. The van der Waals surface area contributed by atoms with Gasteiger partial charge in [-0.05, 0) is 18.1 Å². The second-order valence-electron chi connectivity index (χ2n) is 4.74. The maximum atomic E-state index is 10.1. The van der Waals surface area contributed by atoms with E-state index in [9.17, 15) is 5.11 Å². The quantitative estimate of drug-likeness (QED) is 0.904. The molecule has 0 spiro atoms. The van der Waals surface area contributed by atoms with Crippen molar-refractivity contribution < 1.29 is 5.11 Å². The molecule has 0 fully saturated rings. The number of aromatic nitrogens is 1. The van der Waals surface area contributed by atoms with Crippen LogP contribution in [0.15, 0.2) is 29.4 Å². The molecule has 1 aliphatic rings. The van der Waals surface area contributed by atoms with Gasteiger partial charge < -0.3 is 5.11 Å². The van der Waals surface area contributed by atoms with Gasteiger partial charge in [0, 0.05) is 12.1 Å². The lowest BCUT2D eigenvalue weighted by Gasteiger charge is -2.14. The summed E-state index contributed by atoms with van der Waals surface area (Å²) in [5.74, 6) is 0.360. The Morgan fingerprint density at radius 2 is 2.17 bits per heavy atom. The largest absolute Gasteiger partial charge is 0.371 e. The van der Waals surface area contributed by atoms with Crippen molar-refractivity contribution in [2.24, 2.45) is 11.0 Å². The fourth-order valence-corrected chi connectivity index (χ4v) is 2.96. The van der Waals surface area contributed by atoms with Crippen LogP contribution in [0.3, 0.4) is 0 Å². The molecule has 18 heavy (non-hydrogen) atoms. The van der Waals surface area contributed by atoms with E-state index < -0.39 is 6.23 Å². The number of benzene rings is 1. The van der Waals surface area contributed by atoms with Crippen LogP contribution in [-0.2, 0) is 0 Å². The Hall–Kier alpha value is -1.46. The van der Waals surface area contributed by atoms with Gasteiger partial charge in [0.25, 0.3) is 0 Å². The number of aliphatic hydroxyl groups is 1. The third-order valence-electron chi connectivity index (χ3n) is 3.06. The summed E-state index contributed by atoms with van der Waals surface area (Å²) in [5, 5.41) is 16.9. The first kappa shape index (κ1) is 11.6. The molecule has 0 aliphatic carbocycles. The molecule has 3 rings (SSSR count). The van der Waals surface area contributed by atoms with Crippen LogP contribution in [0.5, 0.6) is 0 Å². The molecule has 0 saturated carbocycles. The lowest BCUT2D eigenvalue weighted by Crippen LogP contribution is -2.25. The Kier molecular flexibility index (Phi) is 2.80. The number of fused-ring (bicyclic) bond motifs is 1. The first-order chi connectivity index (χ1) is 8.65. The highest BCUT2D eigenvalue weighted by molar-refractivity contribution is 7.22. The van der Waals surface area contributed by atoms with Crippen LogP contribution in [-0.4, -0.2) is 22.0 Å². The monoisotopic (exact) mass is 261 g/mol. The van der Waals surface area contributed by atoms with Crippen LogP contribution in [0.4, 0.5) is 5.13 Å². The summed E-state index contributed by atoms with van der Waals surface area (Å²) in [5.41, 5.74) is 1.99. The molecule has 94 valence electrons.